The molecular formula is C8H19NaOPS2. The van der Waals surface area contributed by atoms with Crippen molar-refractivity contribution in [3.8, 4) is 0 Å². The molecule has 0 aromatic heterocycles. The van der Waals surface area contributed by atoms with Crippen molar-refractivity contribution >= 4 is 58.9 Å². The van der Waals surface area contributed by atoms with Crippen molar-refractivity contribution in [1.82, 2.24) is 0 Å². The van der Waals surface area contributed by atoms with Crippen molar-refractivity contribution in [2.24, 2.45) is 11.8 Å². The standard InChI is InChI=1S/C8H19OPS2.Na/c1-7(2)5-9-10(11)12-6-8(3)4;/h7-8,10H,5-6H2,1-4H3;. The van der Waals surface area contributed by atoms with E-state index in [1.165, 1.54) is 0 Å². The van der Waals surface area contributed by atoms with Gasteiger partial charge in [0.25, 0.3) is 0 Å². The van der Waals surface area contributed by atoms with E-state index in [0.717, 1.165) is 18.3 Å². The SMILES string of the molecule is CC(C)CO[PH](=S)SCC(C)C.[Na]. The van der Waals surface area contributed by atoms with E-state index in [9.17, 15) is 0 Å². The summed E-state index contributed by atoms with van der Waals surface area (Å²) in [4.78, 5) is 0. The van der Waals surface area contributed by atoms with Gasteiger partial charge in [0.2, 0.25) is 0 Å². The third-order valence-electron chi connectivity index (χ3n) is 1.07. The van der Waals surface area contributed by atoms with Gasteiger partial charge < -0.3 is 4.52 Å². The van der Waals surface area contributed by atoms with Crippen molar-refractivity contribution in [2.45, 2.75) is 27.7 Å². The van der Waals surface area contributed by atoms with Gasteiger partial charge in [-0.25, -0.2) is 0 Å². The second kappa shape index (κ2) is 10.5. The van der Waals surface area contributed by atoms with Crippen molar-refractivity contribution in [2.75, 3.05) is 12.4 Å². The average Bonchev–Trinajstić information content (AvgIpc) is 1.96. The van der Waals surface area contributed by atoms with Crippen LogP contribution in [0.5, 0.6) is 0 Å². The number of hydrogen-bond donors (Lipinski definition) is 0. The molecule has 0 spiro atoms. The molecule has 1 nitrogen and oxygen atoms in total. The molecule has 75 valence electrons. The summed E-state index contributed by atoms with van der Waals surface area (Å²) in [5.41, 5.74) is 0. The van der Waals surface area contributed by atoms with E-state index in [-0.39, 0.29) is 29.6 Å². The maximum atomic E-state index is 5.53. The fraction of sp³-hybridized carbons (Fsp3) is 1.00. The molecule has 0 aliphatic rings. The maximum Gasteiger partial charge on any atom is 0.107 e. The zero-order valence-corrected chi connectivity index (χ0v) is 13.9. The van der Waals surface area contributed by atoms with E-state index in [1.54, 1.807) is 0 Å². The van der Waals surface area contributed by atoms with E-state index in [1.807, 2.05) is 11.4 Å². The van der Waals surface area contributed by atoms with Crippen LogP contribution in [0.15, 0.2) is 0 Å². The Morgan fingerprint density at radius 1 is 1.23 bits per heavy atom. The Morgan fingerprint density at radius 2 is 1.77 bits per heavy atom. The molecule has 0 aliphatic carbocycles. The molecule has 1 atom stereocenters. The van der Waals surface area contributed by atoms with Gasteiger partial charge in [-0.3, -0.25) is 0 Å². The molecule has 5 heteroatoms. The Morgan fingerprint density at radius 3 is 2.15 bits per heavy atom. The van der Waals surface area contributed by atoms with Crippen LogP contribution in [0.1, 0.15) is 27.7 Å². The molecule has 0 saturated heterocycles. The zero-order chi connectivity index (χ0) is 9.56. The summed E-state index contributed by atoms with van der Waals surface area (Å²) < 4.78 is 5.53. The molecule has 0 bridgehead atoms. The van der Waals surface area contributed by atoms with Gasteiger partial charge in [0.05, 0.1) is 6.61 Å². The van der Waals surface area contributed by atoms with Crippen LogP contribution in [0.3, 0.4) is 0 Å². The summed E-state index contributed by atoms with van der Waals surface area (Å²) in [5, 5.41) is 0. The molecule has 0 aromatic carbocycles. The minimum atomic E-state index is -0.980. The maximum absolute atomic E-state index is 5.53. The van der Waals surface area contributed by atoms with Crippen LogP contribution in [0.25, 0.3) is 0 Å². The quantitative estimate of drug-likeness (QED) is 0.528. The van der Waals surface area contributed by atoms with Crippen LogP contribution in [-0.4, -0.2) is 41.9 Å². The Hall–Kier alpha value is 1.96. The van der Waals surface area contributed by atoms with E-state index < -0.39 is 6.13 Å². The molecule has 0 rings (SSSR count). The average molecular weight is 249 g/mol. The second-order valence-electron chi connectivity index (χ2n) is 3.66. The van der Waals surface area contributed by atoms with Gasteiger partial charge >= 0.3 is 0 Å². The molecule has 1 radical (unpaired) electrons. The van der Waals surface area contributed by atoms with Gasteiger partial charge in [0.15, 0.2) is 0 Å². The summed E-state index contributed by atoms with van der Waals surface area (Å²) in [6.07, 6.45) is -0.980. The predicted molar refractivity (Wildman–Crippen MR) is 69.5 cm³/mol. The number of hydrogen-bond acceptors (Lipinski definition) is 3. The summed E-state index contributed by atoms with van der Waals surface area (Å²) in [6.45, 7) is 9.54. The Labute approximate surface area is 114 Å². The second-order valence-corrected chi connectivity index (χ2v) is 8.94. The third-order valence-corrected chi connectivity index (χ3v) is 5.52. The van der Waals surface area contributed by atoms with Gasteiger partial charge in [-0.15, -0.1) is 11.4 Å². The van der Waals surface area contributed by atoms with Crippen LogP contribution in [0.2, 0.25) is 0 Å². The minimum absolute atomic E-state index is 0. The van der Waals surface area contributed by atoms with Crippen LogP contribution in [0, 0.1) is 11.8 Å². The molecule has 0 fully saturated rings. The minimum Gasteiger partial charge on any atom is -0.344 e. The molecule has 0 aliphatic heterocycles. The fourth-order valence-corrected chi connectivity index (χ4v) is 4.21. The van der Waals surface area contributed by atoms with Gasteiger partial charge in [-0.2, -0.15) is 0 Å². The number of rotatable bonds is 6. The summed E-state index contributed by atoms with van der Waals surface area (Å²) in [5.74, 6) is 2.46. The molecule has 0 aromatic rings. The molecule has 13 heavy (non-hydrogen) atoms. The van der Waals surface area contributed by atoms with Crippen molar-refractivity contribution in [3.63, 3.8) is 0 Å². The van der Waals surface area contributed by atoms with E-state index in [0.29, 0.717) is 5.92 Å². The van der Waals surface area contributed by atoms with Crippen LogP contribution in [-0.2, 0) is 16.3 Å². The topological polar surface area (TPSA) is 9.23 Å². The van der Waals surface area contributed by atoms with Gasteiger partial charge in [0, 0.05) is 35.3 Å². The van der Waals surface area contributed by atoms with E-state index >= 15 is 0 Å². The zero-order valence-electron chi connectivity index (χ0n) is 9.29. The van der Waals surface area contributed by atoms with Gasteiger partial charge in [0.1, 0.15) is 6.13 Å². The first-order chi connectivity index (χ1) is 5.52. The first-order valence-corrected chi connectivity index (χ1v) is 8.57. The summed E-state index contributed by atoms with van der Waals surface area (Å²) in [7, 11) is 0. The van der Waals surface area contributed by atoms with Crippen LogP contribution < -0.4 is 0 Å². The molecule has 0 amide bonds. The van der Waals surface area contributed by atoms with Crippen LogP contribution >= 0.6 is 17.5 Å². The van der Waals surface area contributed by atoms with Gasteiger partial charge in [-0.1, -0.05) is 39.5 Å². The fourth-order valence-electron chi connectivity index (χ4n) is 0.511. The largest absolute Gasteiger partial charge is 0.344 e. The smallest absolute Gasteiger partial charge is 0.107 e. The first-order valence-electron chi connectivity index (χ1n) is 4.32. The summed E-state index contributed by atoms with van der Waals surface area (Å²) in [6, 6.07) is 0. The molecule has 0 N–H and O–H groups in total. The van der Waals surface area contributed by atoms with Crippen molar-refractivity contribution < 1.29 is 4.52 Å². The molecule has 0 heterocycles. The monoisotopic (exact) mass is 249 g/mol. The Bertz CT molecular complexity index is 128. The Kier molecular flexibility index (Phi) is 14.0. The third kappa shape index (κ3) is 14.0. The summed E-state index contributed by atoms with van der Waals surface area (Å²) >= 11 is 7.04. The first kappa shape index (κ1) is 17.4. The predicted octanol–water partition coefficient (Wildman–Crippen LogP) is 3.17. The Balaban J connectivity index is 0. The van der Waals surface area contributed by atoms with Crippen molar-refractivity contribution in [3.05, 3.63) is 0 Å². The molecule has 0 saturated carbocycles. The molecular weight excluding hydrogens is 230 g/mol. The van der Waals surface area contributed by atoms with E-state index in [2.05, 4.69) is 27.7 Å². The van der Waals surface area contributed by atoms with Crippen molar-refractivity contribution in [1.29, 1.82) is 0 Å². The normalized spacial score (nSPS) is 13.1. The van der Waals surface area contributed by atoms with Crippen LogP contribution in [0.4, 0.5) is 0 Å². The van der Waals surface area contributed by atoms with E-state index in [4.69, 9.17) is 16.3 Å². The molecule has 1 unspecified atom stereocenters. The van der Waals surface area contributed by atoms with Gasteiger partial charge in [-0.05, 0) is 11.8 Å².